The topological polar surface area (TPSA) is 88.1 Å². The highest BCUT2D eigenvalue weighted by Gasteiger charge is 2.31. The van der Waals surface area contributed by atoms with E-state index in [-0.39, 0.29) is 12.0 Å². The summed E-state index contributed by atoms with van der Waals surface area (Å²) in [4.78, 5) is 35.0. The van der Waals surface area contributed by atoms with Gasteiger partial charge in [-0.3, -0.25) is 4.79 Å². The standard InChI is InChI=1S/C16H16O7/c1-20-14(17)8-13-11(16(19)22-3)7-10-6-9(15(18)21-2)4-5-12(10)23-13/h4-7,13H,8H2,1-3H3. The molecule has 23 heavy (non-hydrogen) atoms. The van der Waals surface area contributed by atoms with E-state index in [1.807, 2.05) is 0 Å². The van der Waals surface area contributed by atoms with Crippen molar-refractivity contribution in [3.05, 3.63) is 34.9 Å². The molecule has 1 aliphatic rings. The highest BCUT2D eigenvalue weighted by molar-refractivity contribution is 5.98. The number of benzene rings is 1. The van der Waals surface area contributed by atoms with E-state index in [2.05, 4.69) is 9.47 Å². The number of esters is 3. The first-order valence-electron chi connectivity index (χ1n) is 6.76. The molecular formula is C16H16O7. The summed E-state index contributed by atoms with van der Waals surface area (Å²) in [5, 5.41) is 0. The lowest BCUT2D eigenvalue weighted by molar-refractivity contribution is -0.142. The molecule has 0 bridgehead atoms. The summed E-state index contributed by atoms with van der Waals surface area (Å²) >= 11 is 0. The third-order valence-electron chi connectivity index (χ3n) is 3.36. The fraction of sp³-hybridized carbons (Fsp3) is 0.312. The van der Waals surface area contributed by atoms with Gasteiger partial charge in [-0.1, -0.05) is 0 Å². The Hall–Kier alpha value is -2.83. The lowest BCUT2D eigenvalue weighted by Gasteiger charge is -2.25. The molecule has 2 rings (SSSR count). The maximum atomic E-state index is 11.9. The van der Waals surface area contributed by atoms with Gasteiger partial charge in [0.15, 0.2) is 0 Å². The van der Waals surface area contributed by atoms with Crippen LogP contribution < -0.4 is 4.74 Å². The summed E-state index contributed by atoms with van der Waals surface area (Å²) in [6.45, 7) is 0. The van der Waals surface area contributed by atoms with Crippen LogP contribution in [0.25, 0.3) is 6.08 Å². The second kappa shape index (κ2) is 6.95. The van der Waals surface area contributed by atoms with E-state index < -0.39 is 24.0 Å². The minimum absolute atomic E-state index is 0.129. The fourth-order valence-electron chi connectivity index (χ4n) is 2.19. The molecule has 0 fully saturated rings. The van der Waals surface area contributed by atoms with Crippen LogP contribution in [0, 0.1) is 0 Å². The molecule has 0 saturated heterocycles. The predicted molar refractivity (Wildman–Crippen MR) is 78.8 cm³/mol. The second-order valence-corrected chi connectivity index (χ2v) is 4.72. The van der Waals surface area contributed by atoms with E-state index in [1.165, 1.54) is 33.5 Å². The van der Waals surface area contributed by atoms with Gasteiger partial charge < -0.3 is 18.9 Å². The van der Waals surface area contributed by atoms with Crippen molar-refractivity contribution in [2.24, 2.45) is 0 Å². The first-order chi connectivity index (χ1) is 11.0. The Morgan fingerprint density at radius 2 is 1.74 bits per heavy atom. The van der Waals surface area contributed by atoms with Crippen LogP contribution in [0.4, 0.5) is 0 Å². The van der Waals surface area contributed by atoms with Gasteiger partial charge in [0.1, 0.15) is 11.9 Å². The molecule has 1 unspecified atom stereocenters. The summed E-state index contributed by atoms with van der Waals surface area (Å²) in [5.41, 5.74) is 1.02. The van der Waals surface area contributed by atoms with Crippen LogP contribution in [0.15, 0.2) is 23.8 Å². The molecule has 1 atom stereocenters. The number of ether oxygens (including phenoxy) is 4. The number of fused-ring (bicyclic) bond motifs is 1. The van der Waals surface area contributed by atoms with E-state index in [1.54, 1.807) is 12.1 Å². The van der Waals surface area contributed by atoms with E-state index in [4.69, 9.17) is 9.47 Å². The quantitative estimate of drug-likeness (QED) is 0.611. The zero-order valence-corrected chi connectivity index (χ0v) is 13.0. The molecular weight excluding hydrogens is 304 g/mol. The highest BCUT2D eigenvalue weighted by atomic mass is 16.5. The number of carbonyl (C=O) groups excluding carboxylic acids is 3. The van der Waals surface area contributed by atoms with Gasteiger partial charge in [0.05, 0.1) is 38.9 Å². The molecule has 0 spiro atoms. The Morgan fingerprint density at radius 1 is 1.04 bits per heavy atom. The van der Waals surface area contributed by atoms with Crippen LogP contribution in [-0.2, 0) is 23.8 Å². The van der Waals surface area contributed by atoms with Crippen molar-refractivity contribution in [1.29, 1.82) is 0 Å². The zero-order chi connectivity index (χ0) is 17.0. The van der Waals surface area contributed by atoms with Crippen LogP contribution in [0.5, 0.6) is 5.75 Å². The van der Waals surface area contributed by atoms with Gasteiger partial charge in [-0.05, 0) is 24.3 Å². The van der Waals surface area contributed by atoms with Crippen LogP contribution in [0.1, 0.15) is 22.3 Å². The largest absolute Gasteiger partial charge is 0.484 e. The van der Waals surface area contributed by atoms with Crippen molar-refractivity contribution in [3.63, 3.8) is 0 Å². The van der Waals surface area contributed by atoms with Crippen molar-refractivity contribution >= 4 is 24.0 Å². The SMILES string of the molecule is COC(=O)CC1Oc2ccc(C(=O)OC)cc2C=C1C(=O)OC. The molecule has 0 amide bonds. The maximum Gasteiger partial charge on any atom is 0.337 e. The Labute approximate surface area is 132 Å². The molecule has 1 aliphatic heterocycles. The van der Waals surface area contributed by atoms with E-state index in [0.29, 0.717) is 16.9 Å². The van der Waals surface area contributed by atoms with E-state index >= 15 is 0 Å². The summed E-state index contributed by atoms with van der Waals surface area (Å²) in [6.07, 6.45) is 0.590. The lowest BCUT2D eigenvalue weighted by atomic mass is 9.98. The number of hydrogen-bond acceptors (Lipinski definition) is 7. The van der Waals surface area contributed by atoms with Gasteiger partial charge in [-0.15, -0.1) is 0 Å². The molecule has 1 heterocycles. The molecule has 0 aromatic heterocycles. The monoisotopic (exact) mass is 320 g/mol. The van der Waals surface area contributed by atoms with Gasteiger partial charge in [0.25, 0.3) is 0 Å². The third kappa shape index (κ3) is 3.50. The first-order valence-corrected chi connectivity index (χ1v) is 6.76. The van der Waals surface area contributed by atoms with Gasteiger partial charge in [0, 0.05) is 5.56 Å². The summed E-state index contributed by atoms with van der Waals surface area (Å²) in [5.74, 6) is -1.19. The molecule has 0 aliphatic carbocycles. The minimum Gasteiger partial charge on any atom is -0.484 e. The molecule has 0 radical (unpaired) electrons. The smallest absolute Gasteiger partial charge is 0.337 e. The van der Waals surface area contributed by atoms with Gasteiger partial charge in [-0.25, -0.2) is 9.59 Å². The predicted octanol–water partition coefficient (Wildman–Crippen LogP) is 1.35. The Kier molecular flexibility index (Phi) is 5.00. The van der Waals surface area contributed by atoms with Crippen molar-refractivity contribution in [2.45, 2.75) is 12.5 Å². The number of carbonyl (C=O) groups is 3. The molecule has 7 heteroatoms. The molecule has 0 N–H and O–H groups in total. The van der Waals surface area contributed by atoms with Gasteiger partial charge in [0.2, 0.25) is 0 Å². The minimum atomic E-state index is -0.814. The first kappa shape index (κ1) is 16.5. The van der Waals surface area contributed by atoms with Crippen LogP contribution in [0.3, 0.4) is 0 Å². The zero-order valence-electron chi connectivity index (χ0n) is 13.0. The molecule has 7 nitrogen and oxygen atoms in total. The number of rotatable bonds is 4. The number of hydrogen-bond donors (Lipinski definition) is 0. The van der Waals surface area contributed by atoms with Crippen LogP contribution >= 0.6 is 0 Å². The average Bonchev–Trinajstić information content (AvgIpc) is 2.59. The maximum absolute atomic E-state index is 11.9. The van der Waals surface area contributed by atoms with Crippen LogP contribution in [0.2, 0.25) is 0 Å². The number of methoxy groups -OCH3 is 3. The molecule has 1 aromatic rings. The van der Waals surface area contributed by atoms with Crippen molar-refractivity contribution in [1.82, 2.24) is 0 Å². The molecule has 0 saturated carbocycles. The summed E-state index contributed by atoms with van der Waals surface area (Å²) < 4.78 is 19.7. The molecule has 122 valence electrons. The Balaban J connectivity index is 2.41. The van der Waals surface area contributed by atoms with Crippen molar-refractivity contribution < 1.29 is 33.3 Å². The second-order valence-electron chi connectivity index (χ2n) is 4.72. The Morgan fingerprint density at radius 3 is 2.35 bits per heavy atom. The Bertz CT molecular complexity index is 675. The van der Waals surface area contributed by atoms with Crippen molar-refractivity contribution in [2.75, 3.05) is 21.3 Å². The normalized spacial score (nSPS) is 15.6. The fourth-order valence-corrected chi connectivity index (χ4v) is 2.19. The van der Waals surface area contributed by atoms with Gasteiger partial charge >= 0.3 is 17.9 Å². The van der Waals surface area contributed by atoms with Gasteiger partial charge in [-0.2, -0.15) is 0 Å². The highest BCUT2D eigenvalue weighted by Crippen LogP contribution is 2.32. The third-order valence-corrected chi connectivity index (χ3v) is 3.36. The van der Waals surface area contributed by atoms with E-state index in [0.717, 1.165) is 0 Å². The van der Waals surface area contributed by atoms with Crippen LogP contribution in [-0.4, -0.2) is 45.3 Å². The average molecular weight is 320 g/mol. The van der Waals surface area contributed by atoms with E-state index in [9.17, 15) is 14.4 Å². The summed E-state index contributed by atoms with van der Waals surface area (Å²) in [7, 11) is 3.77. The lowest BCUT2D eigenvalue weighted by Crippen LogP contribution is -2.30. The van der Waals surface area contributed by atoms with Crippen molar-refractivity contribution in [3.8, 4) is 5.75 Å². The molecule has 1 aromatic carbocycles. The summed E-state index contributed by atoms with van der Waals surface area (Å²) in [6, 6.07) is 4.66.